The highest BCUT2D eigenvalue weighted by molar-refractivity contribution is 7.98. The fourth-order valence-corrected chi connectivity index (χ4v) is 3.06. The van der Waals surface area contributed by atoms with Gasteiger partial charge in [0.2, 0.25) is 17.7 Å². The minimum Gasteiger partial charge on any atom is -0.480 e. The zero-order chi connectivity index (χ0) is 23.4. The van der Waals surface area contributed by atoms with Crippen LogP contribution in [0.5, 0.6) is 0 Å². The Kier molecular flexibility index (Phi) is 11.6. The van der Waals surface area contributed by atoms with Crippen LogP contribution in [-0.2, 0) is 25.6 Å². The maximum Gasteiger partial charge on any atom is 0.326 e. The average Bonchev–Trinajstić information content (AvgIpc) is 2.75. The number of thioether (sulfide) groups is 1. The fourth-order valence-electron chi connectivity index (χ4n) is 2.57. The number of amides is 3. The number of carboxylic acid groups (broad SMARTS) is 1. The first-order valence-corrected chi connectivity index (χ1v) is 11.1. The second kappa shape index (κ2) is 13.6. The molecule has 0 fully saturated rings. The minimum absolute atomic E-state index is 0.0361. The predicted octanol–water partition coefficient (Wildman–Crippen LogP) is -1.14. The van der Waals surface area contributed by atoms with E-state index in [0.29, 0.717) is 17.7 Å². The van der Waals surface area contributed by atoms with Gasteiger partial charge in [0.1, 0.15) is 18.1 Å². The molecule has 31 heavy (non-hydrogen) atoms. The first-order valence-electron chi connectivity index (χ1n) is 9.72. The standard InChI is InChI=1S/C20H30N4O6S/c1-12(22-18(27)14(21)8-9-31-2)17(26)24-16(11-25)19(28)23-15(20(29)30)10-13-6-4-3-5-7-13/h3-7,12,14-16,25H,8-11,21H2,1-2H3,(H,22,27)(H,23,28)(H,24,26)(H,29,30). The lowest BCUT2D eigenvalue weighted by molar-refractivity contribution is -0.142. The Labute approximate surface area is 185 Å². The van der Waals surface area contributed by atoms with Gasteiger partial charge in [-0.2, -0.15) is 11.8 Å². The number of carbonyl (C=O) groups is 4. The van der Waals surface area contributed by atoms with Crippen LogP contribution in [0.3, 0.4) is 0 Å². The largest absolute Gasteiger partial charge is 0.480 e. The summed E-state index contributed by atoms with van der Waals surface area (Å²) >= 11 is 1.54. The molecule has 0 heterocycles. The lowest BCUT2D eigenvalue weighted by Gasteiger charge is -2.22. The lowest BCUT2D eigenvalue weighted by atomic mass is 10.1. The minimum atomic E-state index is -1.38. The molecule has 11 heteroatoms. The molecule has 0 aliphatic carbocycles. The van der Waals surface area contributed by atoms with Crippen molar-refractivity contribution < 1.29 is 29.4 Å². The molecule has 0 saturated heterocycles. The van der Waals surface area contributed by atoms with Crippen LogP contribution in [0.2, 0.25) is 0 Å². The third-order valence-corrected chi connectivity index (χ3v) is 5.08. The van der Waals surface area contributed by atoms with Crippen LogP contribution in [0.25, 0.3) is 0 Å². The summed E-state index contributed by atoms with van der Waals surface area (Å²) < 4.78 is 0. The molecule has 4 unspecified atom stereocenters. The summed E-state index contributed by atoms with van der Waals surface area (Å²) in [7, 11) is 0. The summed E-state index contributed by atoms with van der Waals surface area (Å²) in [5.74, 6) is -2.63. The summed E-state index contributed by atoms with van der Waals surface area (Å²) in [6, 6.07) is 4.32. The molecule has 1 aromatic carbocycles. The lowest BCUT2D eigenvalue weighted by Crippen LogP contribution is -2.57. The van der Waals surface area contributed by atoms with Crippen molar-refractivity contribution in [3.8, 4) is 0 Å². The Hall–Kier alpha value is -2.63. The molecular formula is C20H30N4O6S. The van der Waals surface area contributed by atoms with Gasteiger partial charge < -0.3 is 31.9 Å². The molecule has 0 aromatic heterocycles. The van der Waals surface area contributed by atoms with Crippen molar-refractivity contribution >= 4 is 35.5 Å². The van der Waals surface area contributed by atoms with Crippen molar-refractivity contribution in [2.45, 2.75) is 43.9 Å². The van der Waals surface area contributed by atoms with Gasteiger partial charge in [-0.3, -0.25) is 14.4 Å². The third-order valence-electron chi connectivity index (χ3n) is 4.43. The number of aliphatic carboxylic acids is 1. The third kappa shape index (κ3) is 9.37. The van der Waals surface area contributed by atoms with Crippen molar-refractivity contribution in [2.24, 2.45) is 5.73 Å². The smallest absolute Gasteiger partial charge is 0.326 e. The normalized spacial score (nSPS) is 14.6. The van der Waals surface area contributed by atoms with Crippen molar-refractivity contribution in [2.75, 3.05) is 18.6 Å². The van der Waals surface area contributed by atoms with Crippen LogP contribution in [0, 0.1) is 0 Å². The van der Waals surface area contributed by atoms with Crippen LogP contribution in [-0.4, -0.2) is 76.7 Å². The van der Waals surface area contributed by atoms with E-state index in [-0.39, 0.29) is 6.42 Å². The average molecular weight is 455 g/mol. The second-order valence-electron chi connectivity index (χ2n) is 6.95. The number of carbonyl (C=O) groups excluding carboxylic acids is 3. The van der Waals surface area contributed by atoms with Crippen molar-refractivity contribution in [1.82, 2.24) is 16.0 Å². The molecule has 4 atom stereocenters. The van der Waals surface area contributed by atoms with Crippen molar-refractivity contribution in [3.63, 3.8) is 0 Å². The molecule has 0 aliphatic heterocycles. The number of benzene rings is 1. The van der Waals surface area contributed by atoms with Gasteiger partial charge in [-0.1, -0.05) is 30.3 Å². The van der Waals surface area contributed by atoms with Gasteiger partial charge in [0.25, 0.3) is 0 Å². The summed E-state index contributed by atoms with van der Waals surface area (Å²) in [5.41, 5.74) is 6.46. The Morgan fingerprint density at radius 2 is 1.61 bits per heavy atom. The molecule has 1 rings (SSSR count). The summed E-state index contributed by atoms with van der Waals surface area (Å²) in [6.07, 6.45) is 2.37. The van der Waals surface area contributed by atoms with Crippen molar-refractivity contribution in [1.29, 1.82) is 0 Å². The van der Waals surface area contributed by atoms with Gasteiger partial charge in [-0.25, -0.2) is 4.79 Å². The van der Waals surface area contributed by atoms with Gasteiger partial charge >= 0.3 is 5.97 Å². The van der Waals surface area contributed by atoms with Crippen LogP contribution < -0.4 is 21.7 Å². The highest BCUT2D eigenvalue weighted by atomic mass is 32.2. The summed E-state index contributed by atoms with van der Waals surface area (Å²) in [5, 5.41) is 26.0. The number of nitrogens with one attached hydrogen (secondary N) is 3. The molecule has 0 bridgehead atoms. The Morgan fingerprint density at radius 1 is 1.00 bits per heavy atom. The summed E-state index contributed by atoms with van der Waals surface area (Å²) in [6.45, 7) is 0.666. The first-order chi connectivity index (χ1) is 14.7. The molecule has 7 N–H and O–H groups in total. The van der Waals surface area contributed by atoms with Crippen LogP contribution in [0.1, 0.15) is 18.9 Å². The van der Waals surface area contributed by atoms with Crippen LogP contribution >= 0.6 is 11.8 Å². The van der Waals surface area contributed by atoms with Gasteiger partial charge in [0.05, 0.1) is 12.6 Å². The van der Waals surface area contributed by atoms with Crippen molar-refractivity contribution in [3.05, 3.63) is 35.9 Å². The molecule has 0 spiro atoms. The molecular weight excluding hydrogens is 424 g/mol. The number of aliphatic hydroxyl groups is 1. The SMILES string of the molecule is CSCCC(N)C(=O)NC(C)C(=O)NC(CO)C(=O)NC(Cc1ccccc1)C(=O)O. The maximum atomic E-state index is 12.4. The van der Waals surface area contributed by atoms with E-state index in [1.165, 1.54) is 6.92 Å². The molecule has 3 amide bonds. The Balaban J connectivity index is 2.66. The maximum absolute atomic E-state index is 12.4. The van der Waals surface area contributed by atoms with E-state index in [1.54, 1.807) is 42.1 Å². The molecule has 1 aromatic rings. The highest BCUT2D eigenvalue weighted by Gasteiger charge is 2.28. The van der Waals surface area contributed by atoms with Gasteiger partial charge in [0, 0.05) is 6.42 Å². The fraction of sp³-hybridized carbons (Fsp3) is 0.500. The quantitative estimate of drug-likeness (QED) is 0.217. The molecule has 0 saturated carbocycles. The zero-order valence-electron chi connectivity index (χ0n) is 17.5. The van der Waals surface area contributed by atoms with Gasteiger partial charge in [-0.15, -0.1) is 0 Å². The predicted molar refractivity (Wildman–Crippen MR) is 117 cm³/mol. The van der Waals surface area contributed by atoms with Gasteiger partial charge in [0.15, 0.2) is 0 Å². The van der Waals surface area contributed by atoms with E-state index >= 15 is 0 Å². The number of hydrogen-bond acceptors (Lipinski definition) is 7. The zero-order valence-corrected chi connectivity index (χ0v) is 18.4. The van der Waals surface area contributed by atoms with E-state index in [1.807, 2.05) is 6.26 Å². The van der Waals surface area contributed by atoms with Crippen LogP contribution in [0.15, 0.2) is 30.3 Å². The number of rotatable bonds is 13. The Bertz CT molecular complexity index is 748. The van der Waals surface area contributed by atoms with Crippen LogP contribution in [0.4, 0.5) is 0 Å². The molecule has 172 valence electrons. The Morgan fingerprint density at radius 3 is 2.16 bits per heavy atom. The van der Waals surface area contributed by atoms with E-state index in [0.717, 1.165) is 0 Å². The van der Waals surface area contributed by atoms with E-state index in [4.69, 9.17) is 5.73 Å². The summed E-state index contributed by atoms with van der Waals surface area (Å²) in [4.78, 5) is 48.3. The second-order valence-corrected chi connectivity index (χ2v) is 7.94. The number of nitrogens with two attached hydrogens (primary N) is 1. The number of carboxylic acids is 1. The molecule has 0 aliphatic rings. The molecule has 10 nitrogen and oxygen atoms in total. The number of hydrogen-bond donors (Lipinski definition) is 6. The first kappa shape index (κ1) is 26.4. The van der Waals surface area contributed by atoms with Gasteiger partial charge in [-0.05, 0) is 30.9 Å². The van der Waals surface area contributed by atoms with E-state index in [9.17, 15) is 29.4 Å². The van der Waals surface area contributed by atoms with E-state index in [2.05, 4.69) is 16.0 Å². The molecule has 0 radical (unpaired) electrons. The monoisotopic (exact) mass is 454 g/mol. The highest BCUT2D eigenvalue weighted by Crippen LogP contribution is 2.04. The topological polar surface area (TPSA) is 171 Å². The number of aliphatic hydroxyl groups excluding tert-OH is 1. The van der Waals surface area contributed by atoms with E-state index < -0.39 is 54.5 Å².